The van der Waals surface area contributed by atoms with Crippen LogP contribution in [0.4, 0.5) is 5.69 Å². The average Bonchev–Trinajstić information content (AvgIpc) is 3.26. The Morgan fingerprint density at radius 3 is 2.53 bits per heavy atom. The molecule has 2 saturated heterocycles. The average molecular weight is 418 g/mol. The molecule has 1 aromatic carbocycles. The van der Waals surface area contributed by atoms with Gasteiger partial charge < -0.3 is 14.4 Å². The molecule has 7 heteroatoms. The number of carbonyl (C=O) groups excluding carboxylic acids is 1. The van der Waals surface area contributed by atoms with Crippen molar-refractivity contribution >= 4 is 11.6 Å². The van der Waals surface area contributed by atoms with E-state index in [9.17, 15) is 4.79 Å². The van der Waals surface area contributed by atoms with Crippen LogP contribution in [0.5, 0.6) is 0 Å². The summed E-state index contributed by atoms with van der Waals surface area (Å²) in [4.78, 5) is 22.3. The lowest BCUT2D eigenvalue weighted by Crippen LogP contribution is -2.47. The number of ether oxygens (including phenoxy) is 2. The molecule has 4 rings (SSSR count). The Bertz CT molecular complexity index is 704. The molecular formula is C23H35N3O4. The minimum absolute atomic E-state index is 0.124. The zero-order valence-electron chi connectivity index (χ0n) is 18.3. The molecule has 0 aromatic heterocycles. The first-order valence-electron chi connectivity index (χ1n) is 11.3. The van der Waals surface area contributed by atoms with Crippen molar-refractivity contribution in [1.29, 1.82) is 0 Å². The van der Waals surface area contributed by atoms with E-state index >= 15 is 0 Å². The predicted octanol–water partition coefficient (Wildman–Crippen LogP) is 2.77. The second-order valence-corrected chi connectivity index (χ2v) is 8.70. The highest BCUT2D eigenvalue weighted by atomic mass is 16.7. The summed E-state index contributed by atoms with van der Waals surface area (Å²) in [6.45, 7) is 6.81. The second kappa shape index (κ2) is 9.64. The summed E-state index contributed by atoms with van der Waals surface area (Å²) in [5, 5.41) is 1.26. The highest BCUT2D eigenvalue weighted by molar-refractivity contribution is 5.94. The van der Waals surface area contributed by atoms with Gasteiger partial charge in [0.05, 0.1) is 20.3 Å². The van der Waals surface area contributed by atoms with Gasteiger partial charge in [0.25, 0.3) is 5.91 Å². The maximum Gasteiger partial charge on any atom is 0.277 e. The lowest BCUT2D eigenvalue weighted by Gasteiger charge is -2.38. The molecule has 3 aliphatic rings. The van der Waals surface area contributed by atoms with Crippen molar-refractivity contribution in [1.82, 2.24) is 9.96 Å². The summed E-state index contributed by atoms with van der Waals surface area (Å²) < 4.78 is 11.7. The van der Waals surface area contributed by atoms with Crippen LogP contribution in [-0.4, -0.2) is 81.8 Å². The van der Waals surface area contributed by atoms with Crippen LogP contribution in [0, 0.1) is 5.92 Å². The Labute approximate surface area is 179 Å². The molecule has 1 aromatic rings. The number of benzene rings is 1. The summed E-state index contributed by atoms with van der Waals surface area (Å²) >= 11 is 0. The minimum atomic E-state index is -0.240. The van der Waals surface area contributed by atoms with E-state index in [1.54, 1.807) is 7.05 Å². The molecule has 0 radical (unpaired) electrons. The topological polar surface area (TPSA) is 54.5 Å². The van der Waals surface area contributed by atoms with Crippen LogP contribution in [0.15, 0.2) is 24.3 Å². The molecule has 0 atom stereocenters. The van der Waals surface area contributed by atoms with Crippen molar-refractivity contribution < 1.29 is 19.1 Å². The summed E-state index contributed by atoms with van der Waals surface area (Å²) in [6, 6.07) is 7.85. The van der Waals surface area contributed by atoms with Crippen molar-refractivity contribution in [3.8, 4) is 0 Å². The summed E-state index contributed by atoms with van der Waals surface area (Å²) in [5.41, 5.74) is 1.77. The van der Waals surface area contributed by atoms with Crippen LogP contribution in [0.25, 0.3) is 0 Å². The monoisotopic (exact) mass is 417 g/mol. The Morgan fingerprint density at radius 1 is 1.17 bits per heavy atom. The lowest BCUT2D eigenvalue weighted by molar-refractivity contribution is -0.182. The first-order valence-corrected chi connectivity index (χ1v) is 11.3. The number of amides is 1. The van der Waals surface area contributed by atoms with E-state index in [0.29, 0.717) is 5.56 Å². The number of hydrogen-bond acceptors (Lipinski definition) is 6. The van der Waals surface area contributed by atoms with Gasteiger partial charge in [-0.15, -0.1) is 0 Å². The van der Waals surface area contributed by atoms with Crippen LogP contribution < -0.4 is 4.90 Å². The molecule has 0 bridgehead atoms. The number of carbonyl (C=O) groups is 1. The molecule has 1 saturated carbocycles. The normalized spacial score (nSPS) is 22.5. The Hall–Kier alpha value is -1.67. The fraction of sp³-hybridized carbons (Fsp3) is 0.696. The molecule has 1 spiro atoms. The molecular weight excluding hydrogens is 382 g/mol. The molecule has 166 valence electrons. The van der Waals surface area contributed by atoms with Crippen LogP contribution in [0.3, 0.4) is 0 Å². The Balaban J connectivity index is 1.21. The summed E-state index contributed by atoms with van der Waals surface area (Å²) in [6.07, 6.45) is 5.81. The zero-order chi connectivity index (χ0) is 21.0. The van der Waals surface area contributed by atoms with Gasteiger partial charge in [0.2, 0.25) is 0 Å². The molecule has 3 fully saturated rings. The summed E-state index contributed by atoms with van der Waals surface area (Å²) in [7, 11) is 3.14. The molecule has 0 unspecified atom stereocenters. The second-order valence-electron chi connectivity index (χ2n) is 8.70. The third kappa shape index (κ3) is 4.97. The Kier molecular flexibility index (Phi) is 6.93. The van der Waals surface area contributed by atoms with Gasteiger partial charge in [0.15, 0.2) is 5.79 Å². The largest absolute Gasteiger partial charge is 0.369 e. The smallest absolute Gasteiger partial charge is 0.277 e. The highest BCUT2D eigenvalue weighted by Gasteiger charge is 2.40. The number of hydrogen-bond donors (Lipinski definition) is 0. The van der Waals surface area contributed by atoms with Gasteiger partial charge >= 0.3 is 0 Å². The van der Waals surface area contributed by atoms with Crippen molar-refractivity contribution in [2.45, 2.75) is 37.9 Å². The van der Waals surface area contributed by atoms with Crippen LogP contribution in [-0.2, 0) is 14.3 Å². The third-order valence-corrected chi connectivity index (χ3v) is 6.92. The fourth-order valence-electron chi connectivity index (χ4n) is 4.89. The van der Waals surface area contributed by atoms with E-state index in [1.165, 1.54) is 38.0 Å². The van der Waals surface area contributed by atoms with Gasteiger partial charge in [-0.25, -0.2) is 5.06 Å². The first-order chi connectivity index (χ1) is 14.6. The van der Waals surface area contributed by atoms with Gasteiger partial charge in [-0.3, -0.25) is 14.5 Å². The van der Waals surface area contributed by atoms with E-state index in [1.807, 2.05) is 18.2 Å². The Morgan fingerprint density at radius 2 is 1.87 bits per heavy atom. The number of nitrogens with zero attached hydrogens (tertiary/aromatic N) is 3. The fourth-order valence-corrected chi connectivity index (χ4v) is 4.89. The molecule has 30 heavy (non-hydrogen) atoms. The van der Waals surface area contributed by atoms with Crippen molar-refractivity contribution in [2.24, 2.45) is 5.92 Å². The molecule has 1 aliphatic carbocycles. The number of anilines is 1. The molecule has 2 aliphatic heterocycles. The number of rotatable bonds is 6. The number of hydroxylamine groups is 2. The van der Waals surface area contributed by atoms with Crippen LogP contribution in [0.1, 0.15) is 42.5 Å². The van der Waals surface area contributed by atoms with Crippen molar-refractivity contribution in [3.05, 3.63) is 29.8 Å². The molecule has 0 N–H and O–H groups in total. The van der Waals surface area contributed by atoms with E-state index in [0.717, 1.165) is 63.8 Å². The minimum Gasteiger partial charge on any atom is -0.369 e. The molecule has 1 amide bonds. The van der Waals surface area contributed by atoms with Crippen molar-refractivity contribution in [3.63, 3.8) is 0 Å². The first kappa shape index (κ1) is 21.6. The highest BCUT2D eigenvalue weighted by Crippen LogP contribution is 2.39. The van der Waals surface area contributed by atoms with E-state index < -0.39 is 0 Å². The molecule has 7 nitrogen and oxygen atoms in total. The van der Waals surface area contributed by atoms with E-state index in [-0.39, 0.29) is 11.7 Å². The van der Waals surface area contributed by atoms with Gasteiger partial charge in [-0.05, 0) is 49.9 Å². The van der Waals surface area contributed by atoms with Gasteiger partial charge in [-0.2, -0.15) is 0 Å². The van der Waals surface area contributed by atoms with Gasteiger partial charge in [0.1, 0.15) is 0 Å². The maximum atomic E-state index is 12.3. The van der Waals surface area contributed by atoms with Crippen LogP contribution in [0.2, 0.25) is 0 Å². The predicted molar refractivity (Wildman–Crippen MR) is 115 cm³/mol. The summed E-state index contributed by atoms with van der Waals surface area (Å²) in [5.74, 6) is 0.429. The van der Waals surface area contributed by atoms with E-state index in [2.05, 4.69) is 15.9 Å². The zero-order valence-corrected chi connectivity index (χ0v) is 18.3. The number of piperazine rings is 1. The standard InChI is InChI=1S/C23H35N3O4/c1-24(28-2)22(27)20-4-3-5-21(18-20)26-14-12-25(13-15-26)11-8-19-6-9-23(10-7-19)29-16-17-30-23/h3-5,18-19H,6-17H2,1-2H3. The third-order valence-electron chi connectivity index (χ3n) is 6.92. The quantitative estimate of drug-likeness (QED) is 0.664. The molecule has 2 heterocycles. The van der Waals surface area contributed by atoms with E-state index in [4.69, 9.17) is 14.3 Å². The van der Waals surface area contributed by atoms with Crippen molar-refractivity contribution in [2.75, 3.05) is 65.0 Å². The SMILES string of the molecule is CON(C)C(=O)c1cccc(N2CCN(CCC3CCC4(CC3)OCCO4)CC2)c1. The lowest BCUT2D eigenvalue weighted by atomic mass is 9.83. The van der Waals surface area contributed by atoms with Gasteiger partial charge in [0, 0.05) is 57.3 Å². The van der Waals surface area contributed by atoms with Crippen LogP contribution >= 0.6 is 0 Å². The van der Waals surface area contributed by atoms with Gasteiger partial charge in [-0.1, -0.05) is 6.07 Å². The maximum absolute atomic E-state index is 12.3.